The van der Waals surface area contributed by atoms with Crippen molar-refractivity contribution in [2.45, 2.75) is 38.6 Å². The predicted octanol–water partition coefficient (Wildman–Crippen LogP) is 4.10. The molecule has 0 amide bonds. The average molecular weight is 493 g/mol. The lowest BCUT2D eigenvalue weighted by Gasteiger charge is -2.24. The third kappa shape index (κ3) is 6.64. The molecule has 2 aromatic rings. The topological polar surface area (TPSA) is 80.4 Å². The third-order valence-corrected chi connectivity index (χ3v) is 6.47. The van der Waals surface area contributed by atoms with Crippen LogP contribution in [0.4, 0.5) is 20.3 Å². The Bertz CT molecular complexity index is 1180. The molecule has 0 saturated carbocycles. The van der Waals surface area contributed by atoms with Crippen molar-refractivity contribution in [3.63, 3.8) is 0 Å². The lowest BCUT2D eigenvalue weighted by Crippen LogP contribution is -2.34. The van der Waals surface area contributed by atoms with E-state index in [1.165, 1.54) is 35.1 Å². The first-order valence-electron chi connectivity index (χ1n) is 11.1. The molecule has 186 valence electrons. The molecule has 0 spiro atoms. The van der Waals surface area contributed by atoms with Crippen molar-refractivity contribution >= 4 is 22.3 Å². The third-order valence-electron chi connectivity index (χ3n) is 5.51. The van der Waals surface area contributed by atoms with E-state index in [4.69, 9.17) is 5.73 Å². The zero-order valence-corrected chi connectivity index (χ0v) is 21.4. The second-order valence-corrected chi connectivity index (χ2v) is 9.57. The Morgan fingerprint density at radius 1 is 1.18 bits per heavy atom. The number of rotatable bonds is 8. The average Bonchev–Trinajstić information content (AvgIpc) is 2.77. The lowest BCUT2D eigenvalue weighted by atomic mass is 10.1. The van der Waals surface area contributed by atoms with Gasteiger partial charge in [-0.1, -0.05) is 17.7 Å². The number of nitrogens with zero attached hydrogens (tertiary/aromatic N) is 2. The molecule has 2 rings (SSSR count). The first-order chi connectivity index (χ1) is 16.0. The summed E-state index contributed by atoms with van der Waals surface area (Å²) in [6.45, 7) is 8.38. The van der Waals surface area contributed by atoms with Gasteiger partial charge < -0.3 is 16.0 Å². The highest BCUT2D eigenvalue weighted by Gasteiger charge is 2.16. The lowest BCUT2D eigenvalue weighted by molar-refractivity contribution is 0.593. The summed E-state index contributed by atoms with van der Waals surface area (Å²) in [6, 6.07) is 8.55. The summed E-state index contributed by atoms with van der Waals surface area (Å²) in [5.74, 6) is -0.920. The van der Waals surface area contributed by atoms with Crippen LogP contribution < -0.4 is 21.5 Å². The van der Waals surface area contributed by atoms with Gasteiger partial charge in [0.15, 0.2) is 5.82 Å². The standard InChI is InChI=1S/C25H34F2N4O2S/c1-7-31(11-10-28)24-21(27)14-19(13-16(2)12-17(3)25(32)30(24)5)18(4)29-22-9-8-20(26)15-23(22)34(6)33/h8-9,12-15,18,29H,7,10-11,28H2,1-6H3/t18-,34?/m1/s1. The Hall–Kier alpha value is -2.78. The van der Waals surface area contributed by atoms with Gasteiger partial charge in [0.25, 0.3) is 5.56 Å². The van der Waals surface area contributed by atoms with Crippen LogP contribution in [0.1, 0.15) is 36.6 Å². The number of hydrogen-bond acceptors (Lipinski definition) is 5. The maximum absolute atomic E-state index is 15.8. The molecule has 0 radical (unpaired) electrons. The second kappa shape index (κ2) is 12.1. The SMILES string of the molecule is CCN(CCN)c1c(F)cc([C@@H](C)Nc2ccc(F)cc2S(C)=O)cc(C)cc(C)c(=O)n1C. The molecular weight excluding hydrogens is 458 g/mol. The van der Waals surface area contributed by atoms with Gasteiger partial charge in [0.1, 0.15) is 11.6 Å². The maximum atomic E-state index is 15.8. The van der Waals surface area contributed by atoms with E-state index in [9.17, 15) is 13.4 Å². The van der Waals surface area contributed by atoms with Crippen LogP contribution in [0.15, 0.2) is 46.1 Å². The Kier molecular flexibility index (Phi) is 9.76. The summed E-state index contributed by atoms with van der Waals surface area (Å²) < 4.78 is 43.0. The van der Waals surface area contributed by atoms with E-state index in [1.54, 1.807) is 31.0 Å². The van der Waals surface area contributed by atoms with Crippen molar-refractivity contribution in [1.29, 1.82) is 0 Å². The second-order valence-electron chi connectivity index (χ2n) is 8.22. The van der Waals surface area contributed by atoms with Gasteiger partial charge in [-0.2, -0.15) is 0 Å². The van der Waals surface area contributed by atoms with Gasteiger partial charge in [-0.3, -0.25) is 13.6 Å². The summed E-state index contributed by atoms with van der Waals surface area (Å²) in [5.41, 5.74) is 7.76. The number of hydrogen-bond donors (Lipinski definition) is 2. The van der Waals surface area contributed by atoms with E-state index in [2.05, 4.69) is 5.32 Å². The van der Waals surface area contributed by atoms with Crippen molar-refractivity contribution in [1.82, 2.24) is 4.57 Å². The molecule has 2 atom stereocenters. The number of nitrogens with two attached hydrogens (primary N) is 1. The van der Waals surface area contributed by atoms with E-state index in [0.717, 1.165) is 5.56 Å². The van der Waals surface area contributed by atoms with Crippen molar-refractivity contribution in [2.24, 2.45) is 12.8 Å². The predicted molar refractivity (Wildman–Crippen MR) is 136 cm³/mol. The van der Waals surface area contributed by atoms with Gasteiger partial charge in [-0.25, -0.2) is 8.78 Å². The van der Waals surface area contributed by atoms with Crippen LogP contribution in [0, 0.1) is 25.5 Å². The fourth-order valence-electron chi connectivity index (χ4n) is 3.83. The molecule has 1 aromatic heterocycles. The number of aromatic nitrogens is 1. The molecule has 3 N–H and O–H groups in total. The van der Waals surface area contributed by atoms with Crippen molar-refractivity contribution in [2.75, 3.05) is 36.1 Å². The Morgan fingerprint density at radius 2 is 1.85 bits per heavy atom. The van der Waals surface area contributed by atoms with Gasteiger partial charge in [0.05, 0.1) is 21.4 Å². The highest BCUT2D eigenvalue weighted by atomic mass is 32.2. The minimum absolute atomic E-state index is 0.139. The smallest absolute Gasteiger partial charge is 0.254 e. The van der Waals surface area contributed by atoms with Crippen LogP contribution in [0.3, 0.4) is 0 Å². The number of benzene rings is 1. The summed E-state index contributed by atoms with van der Waals surface area (Å²) in [5, 5.41) is 3.23. The minimum atomic E-state index is -1.42. The Labute approximate surface area is 202 Å². The van der Waals surface area contributed by atoms with Crippen molar-refractivity contribution in [3.05, 3.63) is 75.1 Å². The quantitative estimate of drug-likeness (QED) is 0.580. The summed E-state index contributed by atoms with van der Waals surface area (Å²) >= 11 is 0. The highest BCUT2D eigenvalue weighted by molar-refractivity contribution is 7.84. The molecular formula is C25H34F2N4O2S. The van der Waals surface area contributed by atoms with E-state index in [1.807, 2.05) is 20.8 Å². The molecule has 1 aromatic carbocycles. The molecule has 9 heteroatoms. The highest BCUT2D eigenvalue weighted by Crippen LogP contribution is 2.26. The summed E-state index contributed by atoms with van der Waals surface area (Å²) in [6.07, 6.45) is 1.48. The van der Waals surface area contributed by atoms with Gasteiger partial charge >= 0.3 is 0 Å². The van der Waals surface area contributed by atoms with Crippen LogP contribution in [0.2, 0.25) is 0 Å². The molecule has 1 heterocycles. The van der Waals surface area contributed by atoms with Crippen LogP contribution in [-0.2, 0) is 17.8 Å². The summed E-state index contributed by atoms with van der Waals surface area (Å²) in [7, 11) is 0.127. The van der Waals surface area contributed by atoms with E-state index in [-0.39, 0.29) is 11.4 Å². The Balaban J connectivity index is 2.78. The molecule has 0 aliphatic carbocycles. The first kappa shape index (κ1) is 27.5. The van der Waals surface area contributed by atoms with Crippen LogP contribution in [-0.4, -0.2) is 34.7 Å². The van der Waals surface area contributed by atoms with Gasteiger partial charge in [-0.15, -0.1) is 0 Å². The van der Waals surface area contributed by atoms with E-state index < -0.39 is 28.5 Å². The molecule has 0 aliphatic heterocycles. The Morgan fingerprint density at radius 3 is 2.44 bits per heavy atom. The van der Waals surface area contributed by atoms with Crippen molar-refractivity contribution in [3.8, 4) is 0 Å². The van der Waals surface area contributed by atoms with E-state index in [0.29, 0.717) is 41.3 Å². The number of anilines is 2. The molecule has 0 aliphatic rings. The minimum Gasteiger partial charge on any atom is -0.378 e. The van der Waals surface area contributed by atoms with Gasteiger partial charge in [-0.05, 0) is 57.5 Å². The van der Waals surface area contributed by atoms with Crippen LogP contribution in [0.5, 0.6) is 0 Å². The molecule has 6 nitrogen and oxygen atoms in total. The number of halogens is 2. The monoisotopic (exact) mass is 492 g/mol. The molecule has 34 heavy (non-hydrogen) atoms. The zero-order valence-electron chi connectivity index (χ0n) is 20.6. The number of likely N-dealkylation sites (N-methyl/N-ethyl adjacent to an activating group) is 1. The van der Waals surface area contributed by atoms with Crippen LogP contribution >= 0.6 is 0 Å². The van der Waals surface area contributed by atoms with E-state index >= 15 is 4.39 Å². The molecule has 0 fully saturated rings. The number of nitrogens with one attached hydrogen (secondary N) is 1. The molecule has 0 bridgehead atoms. The summed E-state index contributed by atoms with van der Waals surface area (Å²) in [4.78, 5) is 15.0. The maximum Gasteiger partial charge on any atom is 0.254 e. The van der Waals surface area contributed by atoms with Gasteiger partial charge in [0, 0.05) is 44.5 Å². The number of aryl methyl sites for hydroxylation is 2. The molecule has 0 saturated heterocycles. The van der Waals surface area contributed by atoms with Crippen molar-refractivity contribution < 1.29 is 13.0 Å². The normalized spacial score (nSPS) is 12.6. The largest absolute Gasteiger partial charge is 0.378 e. The van der Waals surface area contributed by atoms with Crippen LogP contribution in [0.25, 0.3) is 0 Å². The first-order valence-corrected chi connectivity index (χ1v) is 12.7. The fourth-order valence-corrected chi connectivity index (χ4v) is 4.55. The zero-order chi connectivity index (χ0) is 25.6. The molecule has 1 unspecified atom stereocenters. The van der Waals surface area contributed by atoms with Gasteiger partial charge in [0.2, 0.25) is 0 Å². The fraction of sp³-hybridized carbons (Fsp3) is 0.400.